The maximum Gasteiger partial charge on any atom is 0.147 e. The van der Waals surface area contributed by atoms with Crippen LogP contribution < -0.4 is 4.74 Å². The molecule has 0 aliphatic carbocycles. The number of aryl methyl sites for hydroxylation is 4. The lowest BCUT2D eigenvalue weighted by molar-refractivity contribution is 0.484. The molecule has 7 heteroatoms. The van der Waals surface area contributed by atoms with E-state index in [0.717, 1.165) is 99.9 Å². The summed E-state index contributed by atoms with van der Waals surface area (Å²) in [6, 6.07) is 50.6. The number of ether oxygens (including phenoxy) is 1. The van der Waals surface area contributed by atoms with Crippen molar-refractivity contribution in [2.24, 2.45) is 0 Å². The van der Waals surface area contributed by atoms with E-state index in [1.54, 1.807) is 0 Å². The molecule has 0 N–H and O–H groups in total. The Balaban J connectivity index is 1.04. The van der Waals surface area contributed by atoms with Crippen molar-refractivity contribution in [1.82, 2.24) is 28.7 Å². The summed E-state index contributed by atoms with van der Waals surface area (Å²) >= 11 is 0. The molecule has 0 saturated carbocycles. The molecule has 12 aromatic rings. The van der Waals surface area contributed by atoms with Crippen LogP contribution in [0.15, 0.2) is 146 Å². The van der Waals surface area contributed by atoms with E-state index in [1.807, 2.05) is 24.3 Å². The van der Waals surface area contributed by atoms with Crippen LogP contribution in [0.3, 0.4) is 0 Å². The van der Waals surface area contributed by atoms with Crippen LogP contribution >= 0.6 is 0 Å². The molecule has 59 heavy (non-hydrogen) atoms. The van der Waals surface area contributed by atoms with E-state index in [1.165, 1.54) is 33.4 Å². The molecule has 0 radical (unpaired) electrons. The van der Waals surface area contributed by atoms with Gasteiger partial charge in [-0.15, -0.1) is 0 Å². The maximum absolute atomic E-state index is 6.77. The number of rotatable bonds is 4. The molecule has 0 bridgehead atoms. The summed E-state index contributed by atoms with van der Waals surface area (Å²) in [4.78, 5) is 21.1. The summed E-state index contributed by atoms with van der Waals surface area (Å²) in [5.74, 6) is 1.44. The molecule has 0 aliphatic heterocycles. The van der Waals surface area contributed by atoms with Crippen molar-refractivity contribution in [3.63, 3.8) is 0 Å². The first-order valence-electron chi connectivity index (χ1n) is 20.0. The number of aromatic nitrogens is 6. The SMILES string of the molecule is Cc1cccc(C)c1-c1ccc2c3ccc(Oc4ccc5c6ccc(-c7c(C)cccc7C)nc6n6c7ccccc7nc6c5c4)cc3c3nc4ccccc4n3c2n1. The lowest BCUT2D eigenvalue weighted by atomic mass is 9.99. The van der Waals surface area contributed by atoms with Gasteiger partial charge >= 0.3 is 0 Å². The first kappa shape index (κ1) is 33.5. The minimum atomic E-state index is 0.718. The predicted molar refractivity (Wildman–Crippen MR) is 241 cm³/mol. The predicted octanol–water partition coefficient (Wildman–Crippen LogP) is 13.1. The summed E-state index contributed by atoms with van der Waals surface area (Å²) in [7, 11) is 0. The van der Waals surface area contributed by atoms with Crippen LogP contribution in [0.25, 0.3) is 99.5 Å². The van der Waals surface area contributed by atoms with Crippen molar-refractivity contribution >= 4 is 77.0 Å². The zero-order valence-corrected chi connectivity index (χ0v) is 32.9. The average Bonchev–Trinajstić information content (AvgIpc) is 3.84. The van der Waals surface area contributed by atoms with Crippen molar-refractivity contribution in [3.05, 3.63) is 168 Å². The fraction of sp³-hybridized carbons (Fsp3) is 0.0769. The van der Waals surface area contributed by atoms with E-state index < -0.39 is 0 Å². The molecule has 7 nitrogen and oxygen atoms in total. The Labute approximate surface area is 338 Å². The van der Waals surface area contributed by atoms with E-state index in [9.17, 15) is 0 Å². The highest BCUT2D eigenvalue weighted by Gasteiger charge is 2.20. The number of nitrogens with zero attached hydrogens (tertiary/aromatic N) is 6. The maximum atomic E-state index is 6.77. The zero-order valence-electron chi connectivity index (χ0n) is 32.9. The van der Waals surface area contributed by atoms with Gasteiger partial charge in [-0.2, -0.15) is 0 Å². The average molecular weight is 761 g/mol. The monoisotopic (exact) mass is 760 g/mol. The number of fused-ring (bicyclic) bond motifs is 16. The van der Waals surface area contributed by atoms with E-state index >= 15 is 0 Å². The lowest BCUT2D eigenvalue weighted by Crippen LogP contribution is -1.98. The van der Waals surface area contributed by atoms with Crippen molar-refractivity contribution < 1.29 is 4.74 Å². The summed E-state index contributed by atoms with van der Waals surface area (Å²) in [5.41, 5.74) is 16.3. The minimum absolute atomic E-state index is 0.718. The molecule has 6 heterocycles. The van der Waals surface area contributed by atoms with Crippen LogP contribution in [0.4, 0.5) is 0 Å². The molecular weight excluding hydrogens is 725 g/mol. The van der Waals surface area contributed by atoms with Gasteiger partial charge in [0.15, 0.2) is 0 Å². The first-order valence-corrected chi connectivity index (χ1v) is 20.0. The van der Waals surface area contributed by atoms with Crippen LogP contribution in [0, 0.1) is 27.7 Å². The molecule has 0 atom stereocenters. The van der Waals surface area contributed by atoms with Gasteiger partial charge in [0.2, 0.25) is 0 Å². The molecule has 0 saturated heterocycles. The number of benzene rings is 6. The molecule has 0 fully saturated rings. The van der Waals surface area contributed by atoms with Crippen LogP contribution in [0.2, 0.25) is 0 Å². The largest absolute Gasteiger partial charge is 0.457 e. The quantitative estimate of drug-likeness (QED) is 0.167. The topological polar surface area (TPSA) is 69.6 Å². The number of imidazole rings is 2. The van der Waals surface area contributed by atoms with Gasteiger partial charge in [-0.3, -0.25) is 8.80 Å². The van der Waals surface area contributed by atoms with Crippen molar-refractivity contribution in [2.75, 3.05) is 0 Å². The van der Waals surface area contributed by atoms with Crippen LogP contribution in [-0.4, -0.2) is 28.7 Å². The Kier molecular flexibility index (Phi) is 7.06. The van der Waals surface area contributed by atoms with Gasteiger partial charge in [-0.05, 0) is 146 Å². The summed E-state index contributed by atoms with van der Waals surface area (Å²) < 4.78 is 11.2. The lowest BCUT2D eigenvalue weighted by Gasteiger charge is -2.15. The molecular formula is C52H36N6O. The normalized spacial score (nSPS) is 12.1. The second-order valence-corrected chi connectivity index (χ2v) is 15.7. The van der Waals surface area contributed by atoms with Crippen molar-refractivity contribution in [2.45, 2.75) is 27.7 Å². The Hall–Kier alpha value is -7.64. The second-order valence-electron chi connectivity index (χ2n) is 15.7. The van der Waals surface area contributed by atoms with Gasteiger partial charge in [0.25, 0.3) is 0 Å². The van der Waals surface area contributed by atoms with Crippen LogP contribution in [0.1, 0.15) is 22.3 Å². The Bertz CT molecular complexity index is 3480. The number of hydrogen-bond donors (Lipinski definition) is 0. The summed E-state index contributed by atoms with van der Waals surface area (Å²) in [6.07, 6.45) is 0. The third-order valence-electron chi connectivity index (χ3n) is 12.0. The molecule has 6 aromatic carbocycles. The van der Waals surface area contributed by atoms with Gasteiger partial charge in [-0.1, -0.05) is 60.7 Å². The van der Waals surface area contributed by atoms with Gasteiger partial charge in [0.1, 0.15) is 34.1 Å². The highest BCUT2D eigenvalue weighted by molar-refractivity contribution is 6.15. The molecule has 0 unspecified atom stereocenters. The Morgan fingerprint density at radius 2 is 0.746 bits per heavy atom. The van der Waals surface area contributed by atoms with E-state index in [2.05, 4.69) is 158 Å². The second kappa shape index (κ2) is 12.4. The number of pyridine rings is 4. The number of para-hydroxylation sites is 4. The van der Waals surface area contributed by atoms with E-state index in [4.69, 9.17) is 24.7 Å². The van der Waals surface area contributed by atoms with Crippen molar-refractivity contribution in [3.8, 4) is 34.0 Å². The highest BCUT2D eigenvalue weighted by Crippen LogP contribution is 2.39. The van der Waals surface area contributed by atoms with Crippen LogP contribution in [-0.2, 0) is 0 Å². The minimum Gasteiger partial charge on any atom is -0.457 e. The molecule has 280 valence electrons. The summed E-state index contributed by atoms with van der Waals surface area (Å²) in [5, 5.41) is 6.23. The van der Waals surface area contributed by atoms with Crippen LogP contribution in [0.5, 0.6) is 11.5 Å². The van der Waals surface area contributed by atoms with E-state index in [-0.39, 0.29) is 0 Å². The Morgan fingerprint density at radius 1 is 0.356 bits per heavy atom. The number of hydrogen-bond acceptors (Lipinski definition) is 5. The molecule has 6 aromatic heterocycles. The van der Waals surface area contributed by atoms with Gasteiger partial charge in [0, 0.05) is 32.7 Å². The fourth-order valence-corrected chi connectivity index (χ4v) is 9.37. The standard InChI is InChI=1S/C52H36N6O/c1-29-11-9-12-30(2)47(29)43-25-23-37-35-21-19-33(27-39(35)51-53-41-15-5-7-17-45(41)57(51)49(37)55-43)59-34-20-22-36-38-24-26-44(48-31(3)13-10-14-32(48)4)56-50(38)58-46-18-8-6-16-42(46)54-52(58)40(36)28-34/h5-28H,1-4H3. The van der Waals surface area contributed by atoms with E-state index in [0.29, 0.717) is 0 Å². The fourth-order valence-electron chi connectivity index (χ4n) is 9.37. The molecule has 0 aliphatic rings. The third-order valence-corrected chi connectivity index (χ3v) is 12.0. The smallest absolute Gasteiger partial charge is 0.147 e. The van der Waals surface area contributed by atoms with Crippen molar-refractivity contribution in [1.29, 1.82) is 0 Å². The molecule has 12 rings (SSSR count). The van der Waals surface area contributed by atoms with Gasteiger partial charge in [0.05, 0.1) is 33.5 Å². The Morgan fingerprint density at radius 3 is 1.19 bits per heavy atom. The zero-order chi connectivity index (χ0) is 39.5. The summed E-state index contributed by atoms with van der Waals surface area (Å²) in [6.45, 7) is 8.60. The molecule has 0 spiro atoms. The third kappa shape index (κ3) is 4.94. The molecule has 0 amide bonds. The highest BCUT2D eigenvalue weighted by atomic mass is 16.5. The van der Waals surface area contributed by atoms with Gasteiger partial charge in [-0.25, -0.2) is 19.9 Å². The van der Waals surface area contributed by atoms with Gasteiger partial charge < -0.3 is 4.74 Å². The first-order chi connectivity index (χ1) is 28.9.